The van der Waals surface area contributed by atoms with Crippen molar-refractivity contribution in [3.63, 3.8) is 0 Å². The summed E-state index contributed by atoms with van der Waals surface area (Å²) in [6.45, 7) is 6.13. The first-order chi connectivity index (χ1) is 13.6. The van der Waals surface area contributed by atoms with E-state index >= 15 is 0 Å². The molecule has 1 aromatic heterocycles. The number of hydrogen-bond donors (Lipinski definition) is 2. The number of aryl methyl sites for hydroxylation is 1. The molecule has 0 radical (unpaired) electrons. The summed E-state index contributed by atoms with van der Waals surface area (Å²) in [5, 5.41) is 19.3. The molecule has 0 saturated carbocycles. The summed E-state index contributed by atoms with van der Waals surface area (Å²) in [5.41, 5.74) is 9.16. The normalized spacial score (nSPS) is 12.3. The van der Waals surface area contributed by atoms with Crippen LogP contribution in [0.15, 0.2) is 29.4 Å². The van der Waals surface area contributed by atoms with Gasteiger partial charge in [0.05, 0.1) is 10.6 Å². The van der Waals surface area contributed by atoms with E-state index in [1.807, 2.05) is 0 Å². The standard InChI is InChI=1S/C18H22N6O5/c1-10(14-5-7-15(8-6-14)29-9-16(19)25)20-21-18(26)13(4)23-12(3)17(24(27)28)11(2)22-23/h5-8,13H,9H2,1-4H3,(H2,19,25)(H,21,26)/b20-10+. The van der Waals surface area contributed by atoms with Crippen LogP contribution >= 0.6 is 0 Å². The summed E-state index contributed by atoms with van der Waals surface area (Å²) in [5.74, 6) is -0.563. The molecule has 2 amide bonds. The Bertz CT molecular complexity index is 964. The summed E-state index contributed by atoms with van der Waals surface area (Å²) in [6, 6.07) is 5.95. The van der Waals surface area contributed by atoms with E-state index in [1.54, 1.807) is 38.1 Å². The van der Waals surface area contributed by atoms with Crippen molar-refractivity contribution in [1.82, 2.24) is 15.2 Å². The monoisotopic (exact) mass is 402 g/mol. The number of nitro groups is 1. The van der Waals surface area contributed by atoms with Gasteiger partial charge in [-0.3, -0.25) is 24.4 Å². The lowest BCUT2D eigenvalue weighted by atomic mass is 10.1. The van der Waals surface area contributed by atoms with Crippen LogP contribution in [0.3, 0.4) is 0 Å². The zero-order valence-electron chi connectivity index (χ0n) is 16.5. The molecule has 3 N–H and O–H groups in total. The van der Waals surface area contributed by atoms with E-state index in [2.05, 4.69) is 15.6 Å². The van der Waals surface area contributed by atoms with Gasteiger partial charge in [-0.15, -0.1) is 0 Å². The van der Waals surface area contributed by atoms with Gasteiger partial charge in [0, 0.05) is 0 Å². The van der Waals surface area contributed by atoms with E-state index in [-0.39, 0.29) is 18.0 Å². The number of ether oxygens (including phenoxy) is 1. The first-order valence-electron chi connectivity index (χ1n) is 8.67. The number of nitrogens with two attached hydrogens (primary N) is 1. The second-order valence-corrected chi connectivity index (χ2v) is 6.35. The fourth-order valence-electron chi connectivity index (χ4n) is 2.65. The predicted molar refractivity (Wildman–Crippen MR) is 105 cm³/mol. The highest BCUT2D eigenvalue weighted by atomic mass is 16.6. The predicted octanol–water partition coefficient (Wildman–Crippen LogP) is 1.37. The first-order valence-corrected chi connectivity index (χ1v) is 8.67. The van der Waals surface area contributed by atoms with Gasteiger partial charge >= 0.3 is 5.69 Å². The highest BCUT2D eigenvalue weighted by Gasteiger charge is 2.26. The minimum absolute atomic E-state index is 0.108. The van der Waals surface area contributed by atoms with Gasteiger partial charge in [-0.2, -0.15) is 10.2 Å². The maximum absolute atomic E-state index is 12.4. The maximum Gasteiger partial charge on any atom is 0.312 e. The first kappa shape index (κ1) is 21.5. The topological polar surface area (TPSA) is 155 Å². The number of nitrogens with one attached hydrogen (secondary N) is 1. The van der Waals surface area contributed by atoms with Crippen LogP contribution in [-0.2, 0) is 9.59 Å². The molecule has 29 heavy (non-hydrogen) atoms. The number of aromatic nitrogens is 2. The van der Waals surface area contributed by atoms with Gasteiger partial charge in [0.2, 0.25) is 0 Å². The molecule has 0 fully saturated rings. The highest BCUT2D eigenvalue weighted by molar-refractivity contribution is 5.99. The Morgan fingerprint density at radius 2 is 1.97 bits per heavy atom. The van der Waals surface area contributed by atoms with Crippen LogP contribution in [0, 0.1) is 24.0 Å². The summed E-state index contributed by atoms with van der Waals surface area (Å²) in [6.07, 6.45) is 0. The molecular formula is C18H22N6O5. The van der Waals surface area contributed by atoms with Crippen molar-refractivity contribution < 1.29 is 19.2 Å². The van der Waals surface area contributed by atoms with Gasteiger partial charge in [0.15, 0.2) is 6.61 Å². The van der Waals surface area contributed by atoms with E-state index in [0.717, 1.165) is 5.56 Å². The van der Waals surface area contributed by atoms with Gasteiger partial charge in [-0.05, 0) is 57.5 Å². The molecule has 0 saturated heterocycles. The largest absolute Gasteiger partial charge is 0.484 e. The number of hydrogen-bond acceptors (Lipinski definition) is 7. The number of hydrazone groups is 1. The van der Waals surface area contributed by atoms with E-state index < -0.39 is 22.8 Å². The molecule has 1 aromatic carbocycles. The molecule has 11 nitrogen and oxygen atoms in total. The third-order valence-electron chi connectivity index (χ3n) is 4.20. The number of nitrogens with zero attached hydrogens (tertiary/aromatic N) is 4. The van der Waals surface area contributed by atoms with Gasteiger partial charge in [-0.1, -0.05) is 0 Å². The van der Waals surface area contributed by atoms with Crippen molar-refractivity contribution in [2.45, 2.75) is 33.7 Å². The van der Waals surface area contributed by atoms with Crippen molar-refractivity contribution in [2.24, 2.45) is 10.8 Å². The van der Waals surface area contributed by atoms with Gasteiger partial charge < -0.3 is 10.5 Å². The van der Waals surface area contributed by atoms with E-state index in [1.165, 1.54) is 18.5 Å². The zero-order valence-corrected chi connectivity index (χ0v) is 16.5. The summed E-state index contributed by atoms with van der Waals surface area (Å²) in [7, 11) is 0. The molecule has 1 heterocycles. The van der Waals surface area contributed by atoms with E-state index in [9.17, 15) is 19.7 Å². The number of benzene rings is 1. The van der Waals surface area contributed by atoms with Crippen molar-refractivity contribution in [3.05, 3.63) is 51.3 Å². The number of carbonyl (C=O) groups is 2. The molecular weight excluding hydrogens is 380 g/mol. The average molecular weight is 402 g/mol. The second-order valence-electron chi connectivity index (χ2n) is 6.35. The Kier molecular flexibility index (Phi) is 6.65. The van der Waals surface area contributed by atoms with Crippen LogP contribution < -0.4 is 15.9 Å². The second kappa shape index (κ2) is 8.95. The number of rotatable bonds is 8. The van der Waals surface area contributed by atoms with E-state index in [4.69, 9.17) is 10.5 Å². The van der Waals surface area contributed by atoms with E-state index in [0.29, 0.717) is 17.2 Å². The Morgan fingerprint density at radius 3 is 2.48 bits per heavy atom. The Hall–Kier alpha value is -3.76. The van der Waals surface area contributed by atoms with Crippen LogP contribution in [0.5, 0.6) is 5.75 Å². The molecule has 2 rings (SSSR count). The van der Waals surface area contributed by atoms with Crippen LogP contribution in [0.1, 0.15) is 36.8 Å². The Labute approximate surface area is 166 Å². The number of amides is 2. The molecule has 11 heteroatoms. The molecule has 1 unspecified atom stereocenters. The molecule has 154 valence electrons. The third kappa shape index (κ3) is 5.15. The highest BCUT2D eigenvalue weighted by Crippen LogP contribution is 2.24. The lowest BCUT2D eigenvalue weighted by molar-refractivity contribution is -0.386. The number of carbonyl (C=O) groups excluding carboxylic acids is 2. The minimum Gasteiger partial charge on any atom is -0.484 e. The molecule has 2 aromatic rings. The van der Waals surface area contributed by atoms with Crippen molar-refractivity contribution in [2.75, 3.05) is 6.61 Å². The lowest BCUT2D eigenvalue weighted by Crippen LogP contribution is -2.29. The third-order valence-corrected chi connectivity index (χ3v) is 4.20. The molecule has 0 aliphatic carbocycles. The van der Waals surface area contributed by atoms with Crippen molar-refractivity contribution in [3.8, 4) is 5.75 Å². The van der Waals surface area contributed by atoms with Gasteiger partial charge in [0.25, 0.3) is 11.8 Å². The quantitative estimate of drug-likeness (QED) is 0.386. The molecule has 0 aliphatic rings. The van der Waals surface area contributed by atoms with Crippen molar-refractivity contribution >= 4 is 23.2 Å². The van der Waals surface area contributed by atoms with Gasteiger partial charge in [-0.25, -0.2) is 5.43 Å². The van der Waals surface area contributed by atoms with Crippen LogP contribution in [0.25, 0.3) is 0 Å². The molecule has 0 bridgehead atoms. The summed E-state index contributed by atoms with van der Waals surface area (Å²) in [4.78, 5) is 33.7. The Morgan fingerprint density at radius 1 is 1.34 bits per heavy atom. The fourth-order valence-corrected chi connectivity index (χ4v) is 2.65. The van der Waals surface area contributed by atoms with Crippen molar-refractivity contribution in [1.29, 1.82) is 0 Å². The van der Waals surface area contributed by atoms with Gasteiger partial charge in [0.1, 0.15) is 23.2 Å². The Balaban J connectivity index is 2.07. The zero-order chi connectivity index (χ0) is 21.7. The van der Waals surface area contributed by atoms with Crippen LogP contribution in [0.2, 0.25) is 0 Å². The van der Waals surface area contributed by atoms with Crippen LogP contribution in [0.4, 0.5) is 5.69 Å². The lowest BCUT2D eigenvalue weighted by Gasteiger charge is -2.12. The van der Waals surface area contributed by atoms with Crippen LogP contribution in [-0.4, -0.2) is 38.8 Å². The maximum atomic E-state index is 12.4. The summed E-state index contributed by atoms with van der Waals surface area (Å²) >= 11 is 0. The SMILES string of the molecule is C/C(=N\NC(=O)C(C)n1nc(C)c([N+](=O)[O-])c1C)c1ccc(OCC(N)=O)cc1. The fraction of sp³-hybridized carbons (Fsp3) is 0.333. The summed E-state index contributed by atoms with van der Waals surface area (Å²) < 4.78 is 6.48. The average Bonchev–Trinajstić information content (AvgIpc) is 2.98. The molecule has 0 aliphatic heterocycles. The minimum atomic E-state index is -0.788. The molecule has 1 atom stereocenters. The molecule has 0 spiro atoms. The smallest absolute Gasteiger partial charge is 0.312 e. The number of primary amides is 1.